The monoisotopic (exact) mass is 274 g/mol. The van der Waals surface area contributed by atoms with Crippen molar-refractivity contribution in [3.05, 3.63) is 5.82 Å². The Kier molecular flexibility index (Phi) is 6.06. The van der Waals surface area contributed by atoms with Crippen molar-refractivity contribution in [3.8, 4) is 0 Å². The molecular weight excluding hydrogens is 256 g/mol. The zero-order valence-corrected chi connectivity index (χ0v) is 11.4. The van der Waals surface area contributed by atoms with Gasteiger partial charge >= 0.3 is 5.97 Å². The molecular formula is C10H18N4O3S. The lowest BCUT2D eigenvalue weighted by Crippen LogP contribution is -2.24. The average molecular weight is 274 g/mol. The van der Waals surface area contributed by atoms with Crippen LogP contribution < -0.4 is 0 Å². The van der Waals surface area contributed by atoms with E-state index in [2.05, 4.69) is 28.2 Å². The second-order valence-electron chi connectivity index (χ2n) is 4.25. The summed E-state index contributed by atoms with van der Waals surface area (Å²) in [6, 6.07) is 0. The molecule has 0 aliphatic rings. The molecule has 0 saturated carbocycles. The van der Waals surface area contributed by atoms with Crippen LogP contribution in [0.2, 0.25) is 0 Å². The first-order chi connectivity index (χ1) is 8.56. The Labute approximate surface area is 111 Å². The van der Waals surface area contributed by atoms with Crippen molar-refractivity contribution in [3.63, 3.8) is 0 Å². The second-order valence-corrected chi connectivity index (χ2v) is 4.70. The Balaban J connectivity index is 2.65. The van der Waals surface area contributed by atoms with E-state index in [1.807, 2.05) is 13.8 Å². The Bertz CT molecular complexity index is 383. The lowest BCUT2D eigenvalue weighted by atomic mass is 9.92. The largest absolute Gasteiger partial charge is 0.481 e. The van der Waals surface area contributed by atoms with E-state index in [4.69, 9.17) is 9.84 Å². The summed E-state index contributed by atoms with van der Waals surface area (Å²) in [6.07, 6.45) is 0.296. The van der Waals surface area contributed by atoms with Gasteiger partial charge in [-0.15, -0.1) is 5.10 Å². The van der Waals surface area contributed by atoms with E-state index < -0.39 is 11.9 Å². The third-order valence-corrected chi connectivity index (χ3v) is 2.76. The molecule has 7 nitrogen and oxygen atoms in total. The number of tetrazole rings is 1. The molecule has 0 aliphatic heterocycles. The maximum Gasteiger partial charge on any atom is 0.307 e. The number of carboxylic acids is 1. The van der Waals surface area contributed by atoms with Crippen LogP contribution in [0.4, 0.5) is 0 Å². The molecule has 0 fully saturated rings. The van der Waals surface area contributed by atoms with Gasteiger partial charge in [-0.25, -0.2) is 4.68 Å². The molecule has 1 unspecified atom stereocenters. The fraction of sp³-hybridized carbons (Fsp3) is 0.800. The summed E-state index contributed by atoms with van der Waals surface area (Å²) in [6.45, 7) is 4.44. The molecule has 0 aliphatic carbocycles. The predicted molar refractivity (Wildman–Crippen MR) is 67.3 cm³/mol. The number of ether oxygens (including phenoxy) is 1. The molecule has 102 valence electrons. The highest BCUT2D eigenvalue weighted by Crippen LogP contribution is 2.16. The maximum atomic E-state index is 11.1. The van der Waals surface area contributed by atoms with Crippen LogP contribution in [0.5, 0.6) is 0 Å². The summed E-state index contributed by atoms with van der Waals surface area (Å²) in [5.74, 6) is -0.182. The van der Waals surface area contributed by atoms with Gasteiger partial charge in [0.2, 0.25) is 0 Å². The van der Waals surface area contributed by atoms with Crippen LogP contribution in [0, 0.1) is 11.8 Å². The smallest absolute Gasteiger partial charge is 0.307 e. The molecule has 1 heterocycles. The van der Waals surface area contributed by atoms with E-state index in [9.17, 15) is 4.79 Å². The quantitative estimate of drug-likeness (QED) is 0.529. The van der Waals surface area contributed by atoms with E-state index in [-0.39, 0.29) is 12.6 Å². The number of carboxylic acid groups (broad SMARTS) is 1. The Morgan fingerprint density at radius 2 is 2.28 bits per heavy atom. The third kappa shape index (κ3) is 4.26. The molecule has 18 heavy (non-hydrogen) atoms. The van der Waals surface area contributed by atoms with Crippen LogP contribution in [0.3, 0.4) is 0 Å². The zero-order chi connectivity index (χ0) is 13.5. The van der Waals surface area contributed by atoms with Crippen LogP contribution >= 0.6 is 12.6 Å². The summed E-state index contributed by atoms with van der Waals surface area (Å²) in [5.41, 5.74) is 0. The summed E-state index contributed by atoms with van der Waals surface area (Å²) < 4.78 is 6.74. The minimum Gasteiger partial charge on any atom is -0.481 e. The first-order valence-corrected chi connectivity index (χ1v) is 6.36. The van der Waals surface area contributed by atoms with Crippen molar-refractivity contribution in [2.75, 3.05) is 12.4 Å². The number of hydrogen-bond acceptors (Lipinski definition) is 6. The Hall–Kier alpha value is -1.15. The average Bonchev–Trinajstić information content (AvgIpc) is 2.73. The van der Waals surface area contributed by atoms with Gasteiger partial charge in [0, 0.05) is 12.2 Å². The van der Waals surface area contributed by atoms with Gasteiger partial charge in [-0.3, -0.25) is 4.79 Å². The molecule has 0 bridgehead atoms. The second kappa shape index (κ2) is 7.32. The van der Waals surface area contributed by atoms with E-state index >= 15 is 0 Å². The van der Waals surface area contributed by atoms with Crippen LogP contribution in [-0.2, 0) is 22.7 Å². The molecule has 0 radical (unpaired) electrons. The molecule has 1 N–H and O–H groups in total. The van der Waals surface area contributed by atoms with Crippen molar-refractivity contribution in [2.24, 2.45) is 11.8 Å². The van der Waals surface area contributed by atoms with Gasteiger partial charge in [-0.2, -0.15) is 12.6 Å². The van der Waals surface area contributed by atoms with E-state index in [0.29, 0.717) is 24.6 Å². The minimum atomic E-state index is -0.837. The molecule has 1 rings (SSSR count). The first kappa shape index (κ1) is 14.9. The molecule has 0 aromatic carbocycles. The molecule has 1 aromatic heterocycles. The van der Waals surface area contributed by atoms with Crippen molar-refractivity contribution < 1.29 is 14.6 Å². The van der Waals surface area contributed by atoms with Crippen LogP contribution in [0.15, 0.2) is 0 Å². The fourth-order valence-corrected chi connectivity index (χ4v) is 1.62. The molecule has 0 saturated heterocycles. The van der Waals surface area contributed by atoms with Gasteiger partial charge in [0.1, 0.15) is 6.73 Å². The summed E-state index contributed by atoms with van der Waals surface area (Å²) >= 11 is 4.02. The minimum absolute atomic E-state index is 0.0195. The lowest BCUT2D eigenvalue weighted by molar-refractivity contribution is -0.143. The summed E-state index contributed by atoms with van der Waals surface area (Å²) in [7, 11) is 0. The van der Waals surface area contributed by atoms with E-state index in [1.54, 1.807) is 0 Å². The normalized spacial score (nSPS) is 12.9. The molecule has 1 atom stereocenters. The van der Waals surface area contributed by atoms with Gasteiger partial charge in [-0.05, 0) is 16.3 Å². The van der Waals surface area contributed by atoms with Crippen LogP contribution in [-0.4, -0.2) is 43.6 Å². The van der Waals surface area contributed by atoms with E-state index in [0.717, 1.165) is 0 Å². The number of carbonyl (C=O) groups is 1. The standard InChI is InChI=1S/C10H18N4O3S/c1-7(2)8(10(15)16)5-9-11-12-13-14(9)6-17-3-4-18/h7-8,18H,3-6H2,1-2H3,(H,15,16). The Morgan fingerprint density at radius 3 is 2.83 bits per heavy atom. The highest BCUT2D eigenvalue weighted by Gasteiger charge is 2.24. The summed E-state index contributed by atoms with van der Waals surface area (Å²) in [4.78, 5) is 11.1. The molecule has 1 aromatic rings. The highest BCUT2D eigenvalue weighted by molar-refractivity contribution is 7.80. The Morgan fingerprint density at radius 1 is 1.56 bits per heavy atom. The lowest BCUT2D eigenvalue weighted by Gasteiger charge is -2.15. The number of thiol groups is 1. The van der Waals surface area contributed by atoms with Crippen molar-refractivity contribution in [2.45, 2.75) is 27.0 Å². The van der Waals surface area contributed by atoms with Crippen LogP contribution in [0.1, 0.15) is 19.7 Å². The van der Waals surface area contributed by atoms with Crippen LogP contribution in [0.25, 0.3) is 0 Å². The summed E-state index contributed by atoms with van der Waals surface area (Å²) in [5, 5.41) is 20.3. The molecule has 0 amide bonds. The SMILES string of the molecule is CC(C)C(Cc1nnnn1COCCS)C(=O)O. The fourth-order valence-electron chi connectivity index (χ4n) is 1.49. The number of rotatable bonds is 8. The maximum absolute atomic E-state index is 11.1. The predicted octanol–water partition coefficient (Wildman–Crippen LogP) is 0.476. The number of hydrogen-bond donors (Lipinski definition) is 2. The van der Waals surface area contributed by atoms with Gasteiger partial charge in [0.15, 0.2) is 5.82 Å². The van der Waals surface area contributed by atoms with Gasteiger partial charge in [0.05, 0.1) is 12.5 Å². The third-order valence-electron chi connectivity index (χ3n) is 2.58. The topological polar surface area (TPSA) is 90.1 Å². The van der Waals surface area contributed by atoms with Crippen molar-refractivity contribution >= 4 is 18.6 Å². The molecule has 0 spiro atoms. The zero-order valence-electron chi connectivity index (χ0n) is 10.5. The van der Waals surface area contributed by atoms with Crippen molar-refractivity contribution in [1.29, 1.82) is 0 Å². The van der Waals surface area contributed by atoms with E-state index in [1.165, 1.54) is 4.68 Å². The van der Waals surface area contributed by atoms with Gasteiger partial charge in [-0.1, -0.05) is 13.8 Å². The number of aliphatic carboxylic acids is 1. The molecule has 8 heteroatoms. The highest BCUT2D eigenvalue weighted by atomic mass is 32.1. The number of nitrogens with zero attached hydrogens (tertiary/aromatic N) is 4. The van der Waals surface area contributed by atoms with Gasteiger partial charge < -0.3 is 9.84 Å². The number of aromatic nitrogens is 4. The van der Waals surface area contributed by atoms with Crippen molar-refractivity contribution in [1.82, 2.24) is 20.2 Å². The first-order valence-electron chi connectivity index (χ1n) is 5.72. The van der Waals surface area contributed by atoms with Gasteiger partial charge in [0.25, 0.3) is 0 Å².